The third kappa shape index (κ3) is 9.72. The molecule has 3 N–H and O–H groups in total. The van der Waals surface area contributed by atoms with Gasteiger partial charge in [-0.2, -0.15) is 10.5 Å². The molecule has 3 aromatic carbocycles. The van der Waals surface area contributed by atoms with E-state index in [1.54, 1.807) is 49.9 Å². The normalized spacial score (nSPS) is 13.4. The molecule has 1 amide bonds. The number of amides is 1. The predicted octanol–water partition coefficient (Wildman–Crippen LogP) is 7.61. The third-order valence-corrected chi connectivity index (χ3v) is 8.88. The van der Waals surface area contributed by atoms with E-state index >= 15 is 4.39 Å². The number of aromatic nitrogens is 1. The van der Waals surface area contributed by atoms with Crippen molar-refractivity contribution < 1.29 is 38.8 Å². The molecule has 0 aliphatic carbocycles. The highest BCUT2D eigenvalue weighted by atomic mass is 19.1. The Hall–Kier alpha value is -6.99. The number of carbonyl (C=O) groups excluding carboxylic acids is 1. The van der Waals surface area contributed by atoms with Gasteiger partial charge in [-0.25, -0.2) is 23.8 Å². The van der Waals surface area contributed by atoms with E-state index in [9.17, 15) is 30.0 Å². The molecule has 280 valence electrons. The second kappa shape index (κ2) is 16.8. The number of hydrogen-bond acceptors (Lipinski definition) is 9. The van der Waals surface area contributed by atoms with Crippen molar-refractivity contribution in [3.63, 3.8) is 0 Å². The van der Waals surface area contributed by atoms with Gasteiger partial charge < -0.3 is 29.9 Å². The summed E-state index contributed by atoms with van der Waals surface area (Å²) < 4.78 is 20.9. The lowest BCUT2D eigenvalue weighted by atomic mass is 9.90. The van der Waals surface area contributed by atoms with Gasteiger partial charge >= 0.3 is 18.0 Å². The lowest BCUT2D eigenvalue weighted by molar-refractivity contribution is -0.132. The number of hydrogen-bond donors (Lipinski definition) is 3. The molecule has 0 saturated carbocycles. The maximum atomic E-state index is 15.1. The molecule has 55 heavy (non-hydrogen) atoms. The minimum Gasteiger partial charge on any atom is -0.507 e. The highest BCUT2D eigenvalue weighted by molar-refractivity contribution is 5.91. The van der Waals surface area contributed by atoms with Crippen molar-refractivity contribution >= 4 is 36.0 Å². The number of benzene rings is 3. The van der Waals surface area contributed by atoms with Gasteiger partial charge in [0, 0.05) is 60.7 Å². The molecule has 0 radical (unpaired) electrons. The van der Waals surface area contributed by atoms with E-state index in [-0.39, 0.29) is 35.0 Å². The van der Waals surface area contributed by atoms with Crippen LogP contribution in [0.25, 0.3) is 34.4 Å². The van der Waals surface area contributed by atoms with Gasteiger partial charge in [0.2, 0.25) is 0 Å². The van der Waals surface area contributed by atoms with Crippen LogP contribution in [0.4, 0.5) is 15.0 Å². The van der Waals surface area contributed by atoms with Crippen LogP contribution >= 0.6 is 0 Å². The van der Waals surface area contributed by atoms with Gasteiger partial charge in [0.15, 0.2) is 0 Å². The van der Waals surface area contributed by atoms with Crippen molar-refractivity contribution in [3.8, 4) is 40.1 Å². The van der Waals surface area contributed by atoms with Crippen LogP contribution in [0.1, 0.15) is 61.4 Å². The van der Waals surface area contributed by atoms with Crippen molar-refractivity contribution in [2.45, 2.75) is 51.8 Å². The Morgan fingerprint density at radius 1 is 0.945 bits per heavy atom. The second-order valence-electron chi connectivity index (χ2n) is 13.8. The summed E-state index contributed by atoms with van der Waals surface area (Å²) in [4.78, 5) is 43.8. The minimum absolute atomic E-state index is 0.135. The zero-order valence-corrected chi connectivity index (χ0v) is 30.4. The molecule has 5 rings (SSSR count). The molecular formula is C42H38FN5O7. The summed E-state index contributed by atoms with van der Waals surface area (Å²) >= 11 is 0. The number of carbonyl (C=O) groups is 3. The highest BCUT2D eigenvalue weighted by Gasteiger charge is 2.33. The molecule has 0 spiro atoms. The fourth-order valence-corrected chi connectivity index (χ4v) is 6.29. The number of rotatable bonds is 10. The Labute approximate surface area is 317 Å². The van der Waals surface area contributed by atoms with E-state index in [1.165, 1.54) is 48.7 Å². The van der Waals surface area contributed by atoms with Crippen molar-refractivity contribution in [2.24, 2.45) is 0 Å². The average Bonchev–Trinajstić information content (AvgIpc) is 3.14. The SMILES string of the molecule is CC(C)(C)OC(=O)N(Cc1ccc(/C=C/C(=O)O)cc1)C1CCN(c2ncc(-c3ccc(/C=C/C(=O)O)c(O)c3)c(-c3ccc(C#N)c(F)c3)c2C#N)CC1. The van der Waals surface area contributed by atoms with Gasteiger partial charge in [-0.15, -0.1) is 0 Å². The molecule has 1 aromatic heterocycles. The van der Waals surface area contributed by atoms with E-state index in [0.29, 0.717) is 59.6 Å². The molecule has 0 unspecified atom stereocenters. The number of aliphatic carboxylic acids is 2. The standard InChI is InChI=1S/C42H38FN5O7/c1-42(2,3)55-41(54)48(25-27-6-4-26(5-7-27)8-14-37(50)51)32-16-18-47(19-17-32)40-33(23-45)39(30-11-12-31(22-44)35(43)20-30)34(24-46-40)29-10-9-28(36(49)21-29)13-15-38(52)53/h4-15,20-21,24,32,49H,16-19,25H2,1-3H3,(H,50,51)(H,52,53)/b14-8+,15-13+. The molecule has 0 atom stereocenters. The number of carboxylic acids is 2. The summed E-state index contributed by atoms with van der Waals surface area (Å²) in [6.45, 7) is 6.41. The van der Waals surface area contributed by atoms with Gasteiger partial charge in [-0.05, 0) is 86.2 Å². The molecule has 0 bridgehead atoms. The average molecular weight is 744 g/mol. The number of nitriles is 2. The molecule has 1 saturated heterocycles. The summed E-state index contributed by atoms with van der Waals surface area (Å²) in [6, 6.07) is 19.6. The number of carboxylic acid groups (broad SMARTS) is 2. The van der Waals surface area contributed by atoms with Crippen LogP contribution in [0.2, 0.25) is 0 Å². The minimum atomic E-state index is -1.19. The quantitative estimate of drug-likeness (QED) is 0.136. The van der Waals surface area contributed by atoms with E-state index in [0.717, 1.165) is 17.7 Å². The van der Waals surface area contributed by atoms with Crippen molar-refractivity contribution in [1.29, 1.82) is 10.5 Å². The predicted molar refractivity (Wildman–Crippen MR) is 203 cm³/mol. The molecule has 1 aliphatic rings. The zero-order valence-electron chi connectivity index (χ0n) is 30.4. The Bertz CT molecular complexity index is 2260. The van der Waals surface area contributed by atoms with Crippen molar-refractivity contribution in [1.82, 2.24) is 9.88 Å². The Morgan fingerprint density at radius 2 is 1.60 bits per heavy atom. The largest absolute Gasteiger partial charge is 0.507 e. The number of piperidine rings is 1. The fourth-order valence-electron chi connectivity index (χ4n) is 6.29. The number of nitrogens with zero attached hydrogens (tertiary/aromatic N) is 5. The van der Waals surface area contributed by atoms with Gasteiger partial charge in [0.25, 0.3) is 0 Å². The monoisotopic (exact) mass is 743 g/mol. The van der Waals surface area contributed by atoms with Crippen LogP contribution in [-0.4, -0.2) is 68.0 Å². The third-order valence-electron chi connectivity index (χ3n) is 8.88. The van der Waals surface area contributed by atoms with Crippen LogP contribution < -0.4 is 4.90 Å². The van der Waals surface area contributed by atoms with Gasteiger partial charge in [0.05, 0.1) is 5.56 Å². The van der Waals surface area contributed by atoms with E-state index in [4.69, 9.17) is 19.9 Å². The lowest BCUT2D eigenvalue weighted by Crippen LogP contribution is -2.48. The maximum absolute atomic E-state index is 15.1. The molecule has 1 fully saturated rings. The summed E-state index contributed by atoms with van der Waals surface area (Å²) in [7, 11) is 0. The number of aromatic hydroxyl groups is 1. The maximum Gasteiger partial charge on any atom is 0.410 e. The summed E-state index contributed by atoms with van der Waals surface area (Å²) in [5, 5.41) is 48.7. The smallest absolute Gasteiger partial charge is 0.410 e. The number of ether oxygens (including phenoxy) is 1. The molecule has 4 aromatic rings. The molecule has 1 aliphatic heterocycles. The first-order valence-corrected chi connectivity index (χ1v) is 17.3. The van der Waals surface area contributed by atoms with Gasteiger partial charge in [-0.3, -0.25) is 0 Å². The topological polar surface area (TPSA) is 188 Å². The van der Waals surface area contributed by atoms with Crippen LogP contribution in [0.5, 0.6) is 5.75 Å². The van der Waals surface area contributed by atoms with Crippen LogP contribution in [0.3, 0.4) is 0 Å². The summed E-state index contributed by atoms with van der Waals surface area (Å²) in [5.74, 6) is -2.91. The Morgan fingerprint density at radius 3 is 2.18 bits per heavy atom. The van der Waals surface area contributed by atoms with Crippen molar-refractivity contribution in [2.75, 3.05) is 18.0 Å². The number of phenolic OH excluding ortho intramolecular Hbond substituents is 1. The molecular weight excluding hydrogens is 705 g/mol. The van der Waals surface area contributed by atoms with Gasteiger partial charge in [-0.1, -0.05) is 42.5 Å². The van der Waals surface area contributed by atoms with Crippen molar-refractivity contribution in [3.05, 3.63) is 113 Å². The number of anilines is 1. The van der Waals surface area contributed by atoms with Crippen LogP contribution in [0.15, 0.2) is 79.0 Å². The molecule has 13 heteroatoms. The molecule has 2 heterocycles. The van der Waals surface area contributed by atoms with E-state index in [2.05, 4.69) is 6.07 Å². The number of halogens is 1. The second-order valence-corrected chi connectivity index (χ2v) is 13.8. The van der Waals surface area contributed by atoms with Crippen LogP contribution in [0, 0.1) is 28.5 Å². The Balaban J connectivity index is 1.48. The number of phenols is 1. The summed E-state index contributed by atoms with van der Waals surface area (Å²) in [5.41, 5.74) is 2.42. The highest BCUT2D eigenvalue weighted by Crippen LogP contribution is 2.41. The first-order valence-electron chi connectivity index (χ1n) is 17.3. The summed E-state index contributed by atoms with van der Waals surface area (Å²) in [6.07, 6.45) is 6.69. The first kappa shape index (κ1) is 39.2. The number of pyridine rings is 1. The first-order chi connectivity index (χ1) is 26.2. The Kier molecular flexibility index (Phi) is 12.0. The van der Waals surface area contributed by atoms with E-state index in [1.807, 2.05) is 17.0 Å². The van der Waals surface area contributed by atoms with Crippen LogP contribution in [-0.2, 0) is 20.9 Å². The fraction of sp³-hybridized carbons (Fsp3) is 0.238. The lowest BCUT2D eigenvalue weighted by Gasteiger charge is -2.40. The molecule has 12 nitrogen and oxygen atoms in total. The van der Waals surface area contributed by atoms with Gasteiger partial charge in [0.1, 0.15) is 40.7 Å². The van der Waals surface area contributed by atoms with E-state index < -0.39 is 29.5 Å². The zero-order chi connectivity index (χ0) is 39.9.